The fourth-order valence-corrected chi connectivity index (χ4v) is 2.96. The van der Waals surface area contributed by atoms with Gasteiger partial charge in [0.05, 0.1) is 5.92 Å². The molecule has 0 aliphatic carbocycles. The third kappa shape index (κ3) is 5.02. The van der Waals surface area contributed by atoms with E-state index in [2.05, 4.69) is 10.3 Å². The SMILES string of the molecule is CC(=O)c1ccc(NC(=O)C(Cc2ccncc2)c2ccc(Cl)cc2)cc1. The zero-order valence-corrected chi connectivity index (χ0v) is 15.6. The van der Waals surface area contributed by atoms with E-state index in [4.69, 9.17) is 11.6 Å². The highest BCUT2D eigenvalue weighted by Crippen LogP contribution is 2.25. The summed E-state index contributed by atoms with van der Waals surface area (Å²) in [6.45, 7) is 1.51. The molecule has 0 spiro atoms. The first-order valence-electron chi connectivity index (χ1n) is 8.59. The molecule has 0 bridgehead atoms. The van der Waals surface area contributed by atoms with Crippen LogP contribution in [-0.4, -0.2) is 16.7 Å². The number of Topliss-reactive ketones (excluding diaryl/α,β-unsaturated/α-hetero) is 1. The Morgan fingerprint density at radius 2 is 1.59 bits per heavy atom. The second kappa shape index (κ2) is 8.60. The van der Waals surface area contributed by atoms with Crippen molar-refractivity contribution in [2.45, 2.75) is 19.3 Å². The fraction of sp³-hybridized carbons (Fsp3) is 0.136. The molecule has 1 N–H and O–H groups in total. The van der Waals surface area contributed by atoms with Gasteiger partial charge in [-0.1, -0.05) is 23.7 Å². The molecule has 1 amide bonds. The number of ketones is 1. The number of nitrogens with one attached hydrogen (secondary N) is 1. The van der Waals surface area contributed by atoms with Crippen LogP contribution in [0.15, 0.2) is 73.1 Å². The maximum absolute atomic E-state index is 13.0. The van der Waals surface area contributed by atoms with Crippen molar-refractivity contribution in [3.63, 3.8) is 0 Å². The highest BCUT2D eigenvalue weighted by atomic mass is 35.5. The second-order valence-electron chi connectivity index (χ2n) is 6.29. The minimum atomic E-state index is -0.378. The van der Waals surface area contributed by atoms with E-state index in [0.29, 0.717) is 22.7 Å². The van der Waals surface area contributed by atoms with Crippen LogP contribution in [0.4, 0.5) is 5.69 Å². The van der Waals surface area contributed by atoms with Crippen molar-refractivity contribution < 1.29 is 9.59 Å². The van der Waals surface area contributed by atoms with Gasteiger partial charge in [-0.2, -0.15) is 0 Å². The quantitative estimate of drug-likeness (QED) is 0.620. The summed E-state index contributed by atoms with van der Waals surface area (Å²) in [5, 5.41) is 3.57. The Morgan fingerprint density at radius 1 is 0.963 bits per heavy atom. The topological polar surface area (TPSA) is 59.1 Å². The lowest BCUT2D eigenvalue weighted by Gasteiger charge is -2.18. The summed E-state index contributed by atoms with van der Waals surface area (Å²) in [4.78, 5) is 28.4. The largest absolute Gasteiger partial charge is 0.326 e. The molecule has 4 nitrogen and oxygen atoms in total. The monoisotopic (exact) mass is 378 g/mol. The predicted molar refractivity (Wildman–Crippen MR) is 107 cm³/mol. The smallest absolute Gasteiger partial charge is 0.232 e. The van der Waals surface area contributed by atoms with Gasteiger partial charge in [-0.05, 0) is 73.0 Å². The fourth-order valence-electron chi connectivity index (χ4n) is 2.83. The van der Waals surface area contributed by atoms with Gasteiger partial charge in [0.2, 0.25) is 5.91 Å². The Balaban J connectivity index is 1.83. The molecular formula is C22H19ClN2O2. The van der Waals surface area contributed by atoms with Gasteiger partial charge in [-0.25, -0.2) is 0 Å². The Bertz CT molecular complexity index is 923. The van der Waals surface area contributed by atoms with Gasteiger partial charge in [0.25, 0.3) is 0 Å². The number of amides is 1. The number of carbonyl (C=O) groups is 2. The number of hydrogen-bond acceptors (Lipinski definition) is 3. The van der Waals surface area contributed by atoms with Crippen LogP contribution in [0.2, 0.25) is 5.02 Å². The molecule has 3 aromatic rings. The molecule has 2 aromatic carbocycles. The van der Waals surface area contributed by atoms with Crippen molar-refractivity contribution in [1.82, 2.24) is 4.98 Å². The standard InChI is InChI=1S/C22H19ClN2O2/c1-15(26)17-4-8-20(9-5-17)25-22(27)21(14-16-10-12-24-13-11-16)18-2-6-19(23)7-3-18/h2-13,21H,14H2,1H3,(H,25,27). The average molecular weight is 379 g/mol. The summed E-state index contributed by atoms with van der Waals surface area (Å²) in [6, 6.07) is 18.0. The summed E-state index contributed by atoms with van der Waals surface area (Å²) in [7, 11) is 0. The molecule has 1 atom stereocenters. The number of pyridine rings is 1. The number of carbonyl (C=O) groups excluding carboxylic acids is 2. The van der Waals surface area contributed by atoms with Gasteiger partial charge in [0.15, 0.2) is 5.78 Å². The van der Waals surface area contributed by atoms with Crippen LogP contribution in [0, 0.1) is 0 Å². The van der Waals surface area contributed by atoms with Crippen LogP contribution in [0.3, 0.4) is 0 Å². The first-order valence-corrected chi connectivity index (χ1v) is 8.97. The van der Waals surface area contributed by atoms with Gasteiger partial charge in [0.1, 0.15) is 0 Å². The lowest BCUT2D eigenvalue weighted by atomic mass is 9.91. The van der Waals surface area contributed by atoms with Gasteiger partial charge in [-0.15, -0.1) is 0 Å². The normalized spacial score (nSPS) is 11.6. The van der Waals surface area contributed by atoms with Crippen LogP contribution >= 0.6 is 11.6 Å². The predicted octanol–water partition coefficient (Wildman–Crippen LogP) is 4.90. The lowest BCUT2D eigenvalue weighted by molar-refractivity contribution is -0.117. The molecule has 0 fully saturated rings. The number of benzene rings is 2. The molecular weight excluding hydrogens is 360 g/mol. The molecule has 0 saturated carbocycles. The number of nitrogens with zero attached hydrogens (tertiary/aromatic N) is 1. The van der Waals surface area contributed by atoms with Crippen molar-refractivity contribution in [2.75, 3.05) is 5.32 Å². The van der Waals surface area contributed by atoms with Crippen LogP contribution in [0.25, 0.3) is 0 Å². The molecule has 1 unspecified atom stereocenters. The zero-order valence-electron chi connectivity index (χ0n) is 14.9. The van der Waals surface area contributed by atoms with E-state index in [1.165, 1.54) is 6.92 Å². The maximum Gasteiger partial charge on any atom is 0.232 e. The molecule has 0 saturated heterocycles. The van der Waals surface area contributed by atoms with Crippen LogP contribution < -0.4 is 5.32 Å². The van der Waals surface area contributed by atoms with Gasteiger partial charge in [0, 0.05) is 28.7 Å². The van der Waals surface area contributed by atoms with Crippen molar-refractivity contribution in [2.24, 2.45) is 0 Å². The Morgan fingerprint density at radius 3 is 2.19 bits per heavy atom. The lowest BCUT2D eigenvalue weighted by Crippen LogP contribution is -2.23. The molecule has 3 rings (SSSR count). The highest BCUT2D eigenvalue weighted by molar-refractivity contribution is 6.30. The van der Waals surface area contributed by atoms with E-state index in [-0.39, 0.29) is 17.6 Å². The third-order valence-electron chi connectivity index (χ3n) is 4.34. The highest BCUT2D eigenvalue weighted by Gasteiger charge is 2.21. The van der Waals surface area contributed by atoms with Crippen molar-refractivity contribution in [3.05, 3.63) is 94.8 Å². The van der Waals surface area contributed by atoms with Crippen LogP contribution in [0.5, 0.6) is 0 Å². The van der Waals surface area contributed by atoms with E-state index in [9.17, 15) is 9.59 Å². The number of halogens is 1. The summed E-state index contributed by atoms with van der Waals surface area (Å²) < 4.78 is 0. The van der Waals surface area contributed by atoms with Crippen molar-refractivity contribution in [3.8, 4) is 0 Å². The minimum absolute atomic E-state index is 0.00963. The van der Waals surface area contributed by atoms with E-state index in [1.54, 1.807) is 48.8 Å². The number of rotatable bonds is 6. The number of aromatic nitrogens is 1. The molecule has 1 heterocycles. The molecule has 27 heavy (non-hydrogen) atoms. The summed E-state index contributed by atoms with van der Waals surface area (Å²) in [5.41, 5.74) is 3.17. The number of hydrogen-bond donors (Lipinski definition) is 1. The summed E-state index contributed by atoms with van der Waals surface area (Å²) in [6.07, 6.45) is 3.97. The average Bonchev–Trinajstić information content (AvgIpc) is 2.68. The molecule has 5 heteroatoms. The van der Waals surface area contributed by atoms with Crippen molar-refractivity contribution >= 4 is 29.0 Å². The number of anilines is 1. The molecule has 1 aromatic heterocycles. The van der Waals surface area contributed by atoms with E-state index in [0.717, 1.165) is 11.1 Å². The third-order valence-corrected chi connectivity index (χ3v) is 4.59. The first kappa shape index (κ1) is 18.8. The first-order chi connectivity index (χ1) is 13.0. The van der Waals surface area contributed by atoms with Crippen molar-refractivity contribution in [1.29, 1.82) is 0 Å². The Labute approximate surface area is 163 Å². The maximum atomic E-state index is 13.0. The minimum Gasteiger partial charge on any atom is -0.326 e. The second-order valence-corrected chi connectivity index (χ2v) is 6.72. The Hall–Kier alpha value is -2.98. The zero-order chi connectivity index (χ0) is 19.2. The molecule has 0 aliphatic rings. The summed E-state index contributed by atoms with van der Waals surface area (Å²) in [5.74, 6) is -0.508. The molecule has 136 valence electrons. The molecule has 0 radical (unpaired) electrons. The van der Waals surface area contributed by atoms with Crippen LogP contribution in [-0.2, 0) is 11.2 Å². The van der Waals surface area contributed by atoms with E-state index >= 15 is 0 Å². The van der Waals surface area contributed by atoms with Gasteiger partial charge in [-0.3, -0.25) is 14.6 Å². The van der Waals surface area contributed by atoms with E-state index in [1.807, 2.05) is 24.3 Å². The van der Waals surface area contributed by atoms with Gasteiger partial charge >= 0.3 is 0 Å². The van der Waals surface area contributed by atoms with Gasteiger partial charge < -0.3 is 5.32 Å². The Kier molecular flexibility index (Phi) is 5.99. The van der Waals surface area contributed by atoms with Crippen LogP contribution in [0.1, 0.15) is 34.3 Å². The molecule has 0 aliphatic heterocycles. The summed E-state index contributed by atoms with van der Waals surface area (Å²) >= 11 is 5.99. The van der Waals surface area contributed by atoms with E-state index < -0.39 is 0 Å².